The largest absolute Gasteiger partial charge is 0.370 e. The Labute approximate surface area is 321 Å². The first-order chi connectivity index (χ1) is 25.9. The summed E-state index contributed by atoms with van der Waals surface area (Å²) in [5.74, 6) is -5.97. The molecule has 0 spiro atoms. The fourth-order valence-corrected chi connectivity index (χ4v) is 5.44. The van der Waals surface area contributed by atoms with Gasteiger partial charge in [-0.05, 0) is 74.1 Å². The molecular formula is C35H46ClFN12O6. The van der Waals surface area contributed by atoms with Crippen molar-refractivity contribution in [2.24, 2.45) is 33.8 Å². The fourth-order valence-electron chi connectivity index (χ4n) is 5.32. The number of aryl methyl sites for hydroxylation is 1. The monoisotopic (exact) mass is 784 g/mol. The summed E-state index contributed by atoms with van der Waals surface area (Å²) in [5.41, 5.74) is 22.8. The zero-order chi connectivity index (χ0) is 40.8. The molecule has 0 bridgehead atoms. The van der Waals surface area contributed by atoms with Crippen molar-refractivity contribution in [2.75, 3.05) is 6.54 Å². The van der Waals surface area contributed by atoms with E-state index in [2.05, 4.69) is 36.3 Å². The minimum atomic E-state index is -1.58. The Morgan fingerprint density at radius 3 is 1.98 bits per heavy atom. The molecule has 3 rings (SSSR count). The van der Waals surface area contributed by atoms with Crippen LogP contribution in [0.25, 0.3) is 5.69 Å². The molecule has 55 heavy (non-hydrogen) atoms. The van der Waals surface area contributed by atoms with Crippen LogP contribution in [-0.2, 0) is 30.4 Å². The number of nitrogens with two attached hydrogens (primary N) is 4. The van der Waals surface area contributed by atoms with Crippen LogP contribution in [0.2, 0.25) is 5.02 Å². The van der Waals surface area contributed by atoms with Crippen molar-refractivity contribution in [3.8, 4) is 5.69 Å². The van der Waals surface area contributed by atoms with Crippen LogP contribution in [0.3, 0.4) is 0 Å². The van der Waals surface area contributed by atoms with Crippen molar-refractivity contribution >= 4 is 53.0 Å². The Morgan fingerprint density at radius 2 is 1.40 bits per heavy atom. The van der Waals surface area contributed by atoms with Gasteiger partial charge >= 0.3 is 0 Å². The molecule has 4 atom stereocenters. The molecule has 296 valence electrons. The molecule has 18 nitrogen and oxygen atoms in total. The number of nitrogens with zero attached hydrogens (tertiary/aromatic N) is 4. The van der Waals surface area contributed by atoms with Crippen LogP contribution >= 0.6 is 11.6 Å². The molecule has 0 aliphatic carbocycles. The molecule has 3 aromatic rings. The number of hydrogen-bond acceptors (Lipinski definition) is 9. The van der Waals surface area contributed by atoms with Gasteiger partial charge in [-0.2, -0.15) is 0 Å². The lowest BCUT2D eigenvalue weighted by Gasteiger charge is -2.26. The van der Waals surface area contributed by atoms with Crippen molar-refractivity contribution in [1.29, 1.82) is 0 Å². The van der Waals surface area contributed by atoms with E-state index in [-0.39, 0.29) is 49.9 Å². The van der Waals surface area contributed by atoms with Crippen LogP contribution in [0.15, 0.2) is 53.5 Å². The highest BCUT2D eigenvalue weighted by molar-refractivity contribution is 6.30. The number of primary amides is 2. The molecular weight excluding hydrogens is 739 g/mol. The minimum Gasteiger partial charge on any atom is -0.370 e. The maximum atomic E-state index is 13.8. The second-order valence-electron chi connectivity index (χ2n) is 13.1. The summed E-state index contributed by atoms with van der Waals surface area (Å²) >= 11 is 5.99. The molecule has 12 N–H and O–H groups in total. The fraction of sp³-hybridized carbons (Fsp3) is 0.400. The number of carbonyl (C=O) groups is 6. The van der Waals surface area contributed by atoms with Crippen LogP contribution < -0.4 is 44.2 Å². The predicted octanol–water partition coefficient (Wildman–Crippen LogP) is -0.376. The van der Waals surface area contributed by atoms with Crippen LogP contribution in [0, 0.1) is 18.7 Å². The van der Waals surface area contributed by atoms with Crippen molar-refractivity contribution in [3.05, 3.63) is 76.6 Å². The van der Waals surface area contributed by atoms with Gasteiger partial charge in [-0.25, -0.2) is 14.1 Å². The second-order valence-corrected chi connectivity index (χ2v) is 13.5. The van der Waals surface area contributed by atoms with Gasteiger partial charge in [-0.1, -0.05) is 37.6 Å². The third-order valence-corrected chi connectivity index (χ3v) is 8.25. The Hall–Kier alpha value is -6.11. The van der Waals surface area contributed by atoms with Crippen LogP contribution in [0.5, 0.6) is 0 Å². The lowest BCUT2D eigenvalue weighted by molar-refractivity contribution is -0.135. The summed E-state index contributed by atoms with van der Waals surface area (Å²) in [5, 5.41) is 14.9. The summed E-state index contributed by atoms with van der Waals surface area (Å²) in [6, 6.07) is 6.43. The number of aromatic nitrogens is 3. The Bertz CT molecular complexity index is 1870. The molecule has 0 saturated heterocycles. The molecule has 1 heterocycles. The average molecular weight is 785 g/mol. The van der Waals surface area contributed by atoms with Crippen LogP contribution in [0.4, 0.5) is 4.39 Å². The number of benzene rings is 2. The number of halogens is 2. The Balaban J connectivity index is 1.81. The van der Waals surface area contributed by atoms with Gasteiger partial charge in [-0.3, -0.25) is 33.8 Å². The van der Waals surface area contributed by atoms with Gasteiger partial charge in [0.15, 0.2) is 5.96 Å². The van der Waals surface area contributed by atoms with E-state index in [0.29, 0.717) is 22.1 Å². The SMILES string of the molecule is Cc1nc(C(=O)N[C@@H](CCCN=C(N)N)C(=O)N[C@@H](CC(C)C)C(=O)N[C@@H](CC(N)=O)C(=O)N[C@@H](Cc2ccc(F)cc2)C(N)=O)nn1-c1ccc(Cl)cc1. The second kappa shape index (κ2) is 20.4. The van der Waals surface area contributed by atoms with Gasteiger partial charge in [0.05, 0.1) is 12.1 Å². The maximum absolute atomic E-state index is 13.8. The van der Waals surface area contributed by atoms with Crippen molar-refractivity contribution in [3.63, 3.8) is 0 Å². The number of aliphatic imine (C=N–C) groups is 1. The molecule has 20 heteroatoms. The van der Waals surface area contributed by atoms with E-state index in [0.717, 1.165) is 0 Å². The van der Waals surface area contributed by atoms with Crippen LogP contribution in [0.1, 0.15) is 61.5 Å². The molecule has 0 aliphatic rings. The van der Waals surface area contributed by atoms with E-state index in [1.165, 1.54) is 28.9 Å². The third kappa shape index (κ3) is 14.0. The Morgan fingerprint density at radius 1 is 0.818 bits per heavy atom. The number of guanidine groups is 1. The first kappa shape index (κ1) is 43.3. The number of rotatable bonds is 20. The number of amides is 6. The summed E-state index contributed by atoms with van der Waals surface area (Å²) in [6.07, 6.45) is -0.449. The minimum absolute atomic E-state index is 0.0243. The predicted molar refractivity (Wildman–Crippen MR) is 201 cm³/mol. The highest BCUT2D eigenvalue weighted by Crippen LogP contribution is 2.15. The lowest BCUT2D eigenvalue weighted by Crippen LogP contribution is -2.59. The average Bonchev–Trinajstić information content (AvgIpc) is 3.50. The summed E-state index contributed by atoms with van der Waals surface area (Å²) < 4.78 is 14.8. The van der Waals surface area contributed by atoms with E-state index < -0.39 is 71.8 Å². The smallest absolute Gasteiger partial charge is 0.291 e. The van der Waals surface area contributed by atoms with E-state index >= 15 is 0 Å². The highest BCUT2D eigenvalue weighted by Gasteiger charge is 2.33. The Kier molecular flexibility index (Phi) is 16.0. The van der Waals surface area contributed by atoms with E-state index in [1.807, 2.05) is 0 Å². The summed E-state index contributed by atoms with van der Waals surface area (Å²) in [6.45, 7) is 5.33. The quantitative estimate of drug-likeness (QED) is 0.0418. The molecule has 0 saturated carbocycles. The molecule has 2 aromatic carbocycles. The summed E-state index contributed by atoms with van der Waals surface area (Å²) in [7, 11) is 0. The van der Waals surface area contributed by atoms with Gasteiger partial charge in [0.25, 0.3) is 5.91 Å². The zero-order valence-corrected chi connectivity index (χ0v) is 31.3. The van der Waals surface area contributed by atoms with Gasteiger partial charge in [0, 0.05) is 18.0 Å². The van der Waals surface area contributed by atoms with E-state index in [4.69, 9.17) is 34.5 Å². The zero-order valence-electron chi connectivity index (χ0n) is 30.6. The summed E-state index contributed by atoms with van der Waals surface area (Å²) in [4.78, 5) is 86.6. The first-order valence-electron chi connectivity index (χ1n) is 17.2. The van der Waals surface area contributed by atoms with Crippen LogP contribution in [-0.4, -0.2) is 86.9 Å². The molecule has 0 fully saturated rings. The lowest BCUT2D eigenvalue weighted by atomic mass is 10.0. The third-order valence-electron chi connectivity index (χ3n) is 8.00. The first-order valence-corrected chi connectivity index (χ1v) is 17.6. The van der Waals surface area contributed by atoms with Gasteiger partial charge < -0.3 is 44.2 Å². The number of hydrogen-bond donors (Lipinski definition) is 8. The number of nitrogens with one attached hydrogen (secondary N) is 4. The number of carbonyl (C=O) groups excluding carboxylic acids is 6. The maximum Gasteiger partial charge on any atom is 0.291 e. The highest BCUT2D eigenvalue weighted by atomic mass is 35.5. The van der Waals surface area contributed by atoms with Gasteiger partial charge in [-0.15, -0.1) is 5.10 Å². The molecule has 0 radical (unpaired) electrons. The van der Waals surface area contributed by atoms with Crippen molar-refractivity contribution in [2.45, 2.75) is 77.0 Å². The van der Waals surface area contributed by atoms with E-state index in [1.54, 1.807) is 45.0 Å². The molecule has 0 aliphatic heterocycles. The van der Waals surface area contributed by atoms with Crippen molar-refractivity contribution < 1.29 is 33.2 Å². The van der Waals surface area contributed by atoms with Gasteiger partial charge in [0.1, 0.15) is 35.8 Å². The standard InChI is InChI=1S/C35H46ClFN12O6/c1-18(2)15-26(32(53)47-27(17-28(38)50)33(54)45-25(29(39)51)16-20-6-10-22(37)11-7-20)46-31(52)24(5-4-14-42-35(40)41)44-34(55)30-43-19(3)49(48-30)23-12-8-21(36)9-13-23/h6-13,18,24-27H,4-5,14-17H2,1-3H3,(H2,38,50)(H2,39,51)(H,44,55)(H,45,54)(H,46,52)(H,47,53)(H4,40,41,42)/t24-,25-,26-,27-/m0/s1. The molecule has 1 aromatic heterocycles. The van der Waals surface area contributed by atoms with Crippen molar-refractivity contribution in [1.82, 2.24) is 36.0 Å². The normalized spacial score (nSPS) is 13.1. The van der Waals surface area contributed by atoms with Gasteiger partial charge in [0.2, 0.25) is 35.4 Å². The molecule has 6 amide bonds. The topological polar surface area (TPSA) is 298 Å². The molecule has 0 unspecified atom stereocenters. The van der Waals surface area contributed by atoms with E-state index in [9.17, 15) is 33.2 Å².